The molecule has 2 aromatic rings. The Bertz CT molecular complexity index is 778. The number of aromatic nitrogens is 1. The molecule has 0 bridgehead atoms. The third-order valence-corrected chi connectivity index (χ3v) is 6.06. The zero-order valence-corrected chi connectivity index (χ0v) is 14.8. The maximum atomic E-state index is 12.5. The van der Waals surface area contributed by atoms with Crippen LogP contribution in [0.3, 0.4) is 0 Å². The molecule has 0 amide bonds. The van der Waals surface area contributed by atoms with Crippen molar-refractivity contribution in [3.8, 4) is 11.6 Å². The first kappa shape index (κ1) is 16.9. The van der Waals surface area contributed by atoms with E-state index in [-0.39, 0.29) is 4.90 Å². The fraction of sp³-hybridized carbons (Fsp3) is 0.389. The summed E-state index contributed by atoms with van der Waals surface area (Å²) in [5.74, 6) is 1.53. The van der Waals surface area contributed by atoms with E-state index in [1.54, 1.807) is 12.1 Å². The number of rotatable bonds is 5. The number of hydrogen-bond acceptors (Lipinski definition) is 4. The van der Waals surface area contributed by atoms with E-state index in [1.807, 2.05) is 24.3 Å². The zero-order chi connectivity index (χ0) is 17.2. The second-order valence-electron chi connectivity index (χ2n) is 6.27. The molecule has 5 nitrogen and oxygen atoms in total. The fourth-order valence-corrected chi connectivity index (χ4v) is 4.16. The first-order valence-corrected chi connectivity index (χ1v) is 9.65. The molecule has 0 saturated carbocycles. The molecule has 0 unspecified atom stereocenters. The lowest BCUT2D eigenvalue weighted by Gasteiger charge is -2.15. The minimum atomic E-state index is -3.43. The van der Waals surface area contributed by atoms with Gasteiger partial charge >= 0.3 is 0 Å². The molecule has 3 rings (SSSR count). The van der Waals surface area contributed by atoms with Crippen molar-refractivity contribution in [2.45, 2.75) is 37.5 Å². The lowest BCUT2D eigenvalue weighted by molar-refractivity contribution is 0.459. The molecule has 0 radical (unpaired) electrons. The average molecular weight is 346 g/mol. The van der Waals surface area contributed by atoms with Gasteiger partial charge in [0.2, 0.25) is 15.9 Å². The first-order chi connectivity index (χ1) is 11.5. The molecule has 128 valence electrons. The monoisotopic (exact) mass is 346 g/mol. The predicted molar refractivity (Wildman–Crippen MR) is 92.8 cm³/mol. The van der Waals surface area contributed by atoms with E-state index in [1.165, 1.54) is 16.1 Å². The van der Waals surface area contributed by atoms with Gasteiger partial charge in [0.25, 0.3) is 0 Å². The average Bonchev–Trinajstić information content (AvgIpc) is 3.11. The molecule has 1 fully saturated rings. The number of pyridine rings is 1. The van der Waals surface area contributed by atoms with Crippen LogP contribution >= 0.6 is 0 Å². The van der Waals surface area contributed by atoms with Crippen molar-refractivity contribution in [3.05, 3.63) is 48.2 Å². The number of nitrogens with zero attached hydrogens (tertiary/aromatic N) is 2. The minimum Gasteiger partial charge on any atom is -0.439 e. The lowest BCUT2D eigenvalue weighted by atomic mass is 10.0. The predicted octanol–water partition coefficient (Wildman–Crippen LogP) is 3.78. The van der Waals surface area contributed by atoms with Gasteiger partial charge < -0.3 is 4.74 Å². The highest BCUT2D eigenvalue weighted by atomic mass is 32.2. The summed E-state index contributed by atoms with van der Waals surface area (Å²) in [7, 11) is -3.43. The maximum absolute atomic E-state index is 12.5. The van der Waals surface area contributed by atoms with E-state index in [0.717, 1.165) is 12.8 Å². The Morgan fingerprint density at radius 3 is 2.25 bits per heavy atom. The van der Waals surface area contributed by atoms with Gasteiger partial charge in [-0.1, -0.05) is 26.0 Å². The van der Waals surface area contributed by atoms with Gasteiger partial charge in [-0.25, -0.2) is 13.4 Å². The van der Waals surface area contributed by atoms with Crippen LogP contribution in [0.4, 0.5) is 0 Å². The number of benzene rings is 1. The molecule has 0 aliphatic carbocycles. The van der Waals surface area contributed by atoms with Gasteiger partial charge in [-0.2, -0.15) is 4.31 Å². The highest BCUT2D eigenvalue weighted by Gasteiger charge is 2.27. The molecule has 0 N–H and O–H groups in total. The van der Waals surface area contributed by atoms with Crippen molar-refractivity contribution in [3.63, 3.8) is 0 Å². The third-order valence-electron chi connectivity index (χ3n) is 4.18. The van der Waals surface area contributed by atoms with Crippen LogP contribution in [0, 0.1) is 0 Å². The standard InChI is InChI=1S/C18H22N2O3S/c1-14(2)15-5-7-16(8-6-15)23-18-10-9-17(13-19-18)24(21,22)20-11-3-4-12-20/h5-10,13-14H,3-4,11-12H2,1-2H3. The van der Waals surface area contributed by atoms with E-state index >= 15 is 0 Å². The Morgan fingerprint density at radius 1 is 1.04 bits per heavy atom. The molecule has 0 spiro atoms. The van der Waals surface area contributed by atoms with Gasteiger partial charge in [-0.05, 0) is 42.5 Å². The molecule has 6 heteroatoms. The molecule has 1 aromatic carbocycles. The summed E-state index contributed by atoms with van der Waals surface area (Å²) in [6.07, 6.45) is 3.20. The van der Waals surface area contributed by atoms with Crippen LogP contribution in [0.2, 0.25) is 0 Å². The number of sulfonamides is 1. The smallest absolute Gasteiger partial charge is 0.244 e. The van der Waals surface area contributed by atoms with Gasteiger partial charge in [-0.3, -0.25) is 0 Å². The number of ether oxygens (including phenoxy) is 1. The quantitative estimate of drug-likeness (QED) is 0.826. The van der Waals surface area contributed by atoms with E-state index in [4.69, 9.17) is 4.74 Å². The third kappa shape index (κ3) is 3.60. The second kappa shape index (κ2) is 6.91. The van der Waals surface area contributed by atoms with Crippen molar-refractivity contribution < 1.29 is 13.2 Å². The molecule has 1 aliphatic rings. The molecule has 0 atom stereocenters. The van der Waals surface area contributed by atoms with Gasteiger partial charge in [0, 0.05) is 19.2 Å². The van der Waals surface area contributed by atoms with Crippen molar-refractivity contribution in [1.29, 1.82) is 0 Å². The summed E-state index contributed by atoms with van der Waals surface area (Å²) in [6, 6.07) is 11.0. The lowest BCUT2D eigenvalue weighted by Crippen LogP contribution is -2.27. The van der Waals surface area contributed by atoms with Crippen LogP contribution in [-0.4, -0.2) is 30.8 Å². The summed E-state index contributed by atoms with van der Waals surface area (Å²) in [5, 5.41) is 0. The van der Waals surface area contributed by atoms with Crippen molar-refractivity contribution in [2.75, 3.05) is 13.1 Å². The van der Waals surface area contributed by atoms with E-state index < -0.39 is 10.0 Å². The SMILES string of the molecule is CC(C)c1ccc(Oc2ccc(S(=O)(=O)N3CCCC3)cn2)cc1. The molecular formula is C18H22N2O3S. The highest BCUT2D eigenvalue weighted by Crippen LogP contribution is 2.25. The Balaban J connectivity index is 1.72. The van der Waals surface area contributed by atoms with Crippen LogP contribution in [-0.2, 0) is 10.0 Å². The zero-order valence-electron chi connectivity index (χ0n) is 14.0. The van der Waals surface area contributed by atoms with Crippen LogP contribution in [0.5, 0.6) is 11.6 Å². The molecule has 1 aromatic heterocycles. The van der Waals surface area contributed by atoms with Gasteiger partial charge in [-0.15, -0.1) is 0 Å². The largest absolute Gasteiger partial charge is 0.439 e. The summed E-state index contributed by atoms with van der Waals surface area (Å²) in [6.45, 7) is 5.44. The van der Waals surface area contributed by atoms with Crippen molar-refractivity contribution in [2.24, 2.45) is 0 Å². The summed E-state index contributed by atoms with van der Waals surface area (Å²) >= 11 is 0. The Hall–Kier alpha value is -1.92. The van der Waals surface area contributed by atoms with Gasteiger partial charge in [0.15, 0.2) is 0 Å². The van der Waals surface area contributed by atoms with Crippen LogP contribution in [0.15, 0.2) is 47.5 Å². The molecule has 24 heavy (non-hydrogen) atoms. The Labute approximate surface area is 143 Å². The van der Waals surface area contributed by atoms with Crippen molar-refractivity contribution in [1.82, 2.24) is 9.29 Å². The maximum Gasteiger partial charge on any atom is 0.244 e. The van der Waals surface area contributed by atoms with Crippen LogP contribution < -0.4 is 4.74 Å². The Morgan fingerprint density at radius 2 is 1.71 bits per heavy atom. The summed E-state index contributed by atoms with van der Waals surface area (Å²) in [5.41, 5.74) is 1.24. The second-order valence-corrected chi connectivity index (χ2v) is 8.21. The minimum absolute atomic E-state index is 0.215. The van der Waals surface area contributed by atoms with Crippen LogP contribution in [0.1, 0.15) is 38.2 Å². The van der Waals surface area contributed by atoms with E-state index in [2.05, 4.69) is 18.8 Å². The summed E-state index contributed by atoms with van der Waals surface area (Å²) in [4.78, 5) is 4.36. The van der Waals surface area contributed by atoms with Crippen molar-refractivity contribution >= 4 is 10.0 Å². The van der Waals surface area contributed by atoms with E-state index in [9.17, 15) is 8.42 Å². The molecule has 1 aliphatic heterocycles. The molecular weight excluding hydrogens is 324 g/mol. The van der Waals surface area contributed by atoms with E-state index in [0.29, 0.717) is 30.6 Å². The topological polar surface area (TPSA) is 59.5 Å². The molecule has 2 heterocycles. The van der Waals surface area contributed by atoms with Gasteiger partial charge in [0.1, 0.15) is 10.6 Å². The fourth-order valence-electron chi connectivity index (χ4n) is 2.70. The summed E-state index contributed by atoms with van der Waals surface area (Å²) < 4.78 is 32.1. The van der Waals surface area contributed by atoms with Gasteiger partial charge in [0.05, 0.1) is 6.20 Å². The Kier molecular flexibility index (Phi) is 4.87. The highest BCUT2D eigenvalue weighted by molar-refractivity contribution is 7.89. The normalized spacial score (nSPS) is 15.8. The first-order valence-electron chi connectivity index (χ1n) is 8.21. The number of hydrogen-bond donors (Lipinski definition) is 0. The van der Waals surface area contributed by atoms with Crippen LogP contribution in [0.25, 0.3) is 0 Å². The molecule has 1 saturated heterocycles.